The third-order valence-corrected chi connectivity index (χ3v) is 9.18. The number of nitrogens with zero attached hydrogens (tertiary/aromatic N) is 1. The molecule has 0 radical (unpaired) electrons. The Morgan fingerprint density at radius 2 is 1.56 bits per heavy atom. The van der Waals surface area contributed by atoms with Gasteiger partial charge in [0, 0.05) is 31.9 Å². The van der Waals surface area contributed by atoms with Gasteiger partial charge in [-0.2, -0.15) is 0 Å². The Morgan fingerprint density at radius 1 is 0.956 bits per heavy atom. The number of carbonyl (C=O) groups is 3. The summed E-state index contributed by atoms with van der Waals surface area (Å²) in [6, 6.07) is 26.9. The second-order valence-corrected chi connectivity index (χ2v) is 14.1. The number of fused-ring (bicyclic) bond motifs is 1. The van der Waals surface area contributed by atoms with E-state index in [2.05, 4.69) is 5.32 Å². The number of aliphatic hydroxyl groups excluding tert-OH is 1. The van der Waals surface area contributed by atoms with Crippen molar-refractivity contribution in [2.45, 2.75) is 88.8 Å². The maximum Gasteiger partial charge on any atom is 0.220 e. The van der Waals surface area contributed by atoms with E-state index in [0.717, 1.165) is 22.3 Å². The third kappa shape index (κ3) is 7.77. The molecule has 45 heavy (non-hydrogen) atoms. The first-order valence-corrected chi connectivity index (χ1v) is 16.0. The van der Waals surface area contributed by atoms with Gasteiger partial charge in [0.2, 0.25) is 11.8 Å². The van der Waals surface area contributed by atoms with E-state index in [0.29, 0.717) is 25.7 Å². The smallest absolute Gasteiger partial charge is 0.220 e. The first kappa shape index (κ1) is 32.3. The van der Waals surface area contributed by atoms with Crippen molar-refractivity contribution >= 4 is 23.8 Å². The molecule has 1 heterocycles. The molecule has 3 aromatic rings. The van der Waals surface area contributed by atoms with Crippen LogP contribution in [0.1, 0.15) is 80.5 Å². The second kappa shape index (κ2) is 13.5. The molecule has 0 saturated carbocycles. The predicted molar refractivity (Wildman–Crippen MR) is 177 cm³/mol. The molecular formula is C38H45N3O4. The fraction of sp³-hybridized carbons (Fsp3) is 0.421. The van der Waals surface area contributed by atoms with Crippen molar-refractivity contribution in [2.75, 3.05) is 0 Å². The van der Waals surface area contributed by atoms with Crippen LogP contribution in [0.3, 0.4) is 0 Å². The van der Waals surface area contributed by atoms with Gasteiger partial charge in [-0.05, 0) is 52.3 Å². The lowest BCUT2D eigenvalue weighted by molar-refractivity contribution is -0.127. The molecule has 0 fully saturated rings. The Hall–Kier alpha value is -4.10. The Balaban J connectivity index is 1.45. The summed E-state index contributed by atoms with van der Waals surface area (Å²) in [5.74, 6) is -1.22. The highest BCUT2D eigenvalue weighted by Gasteiger charge is 2.51. The van der Waals surface area contributed by atoms with E-state index in [1.54, 1.807) is 6.21 Å². The minimum atomic E-state index is -1.20. The molecule has 6 atom stereocenters. The van der Waals surface area contributed by atoms with Gasteiger partial charge in [0.25, 0.3) is 0 Å². The zero-order valence-electron chi connectivity index (χ0n) is 26.5. The Kier molecular flexibility index (Phi) is 9.68. The number of amides is 2. The van der Waals surface area contributed by atoms with Crippen LogP contribution in [0.25, 0.3) is 0 Å². The summed E-state index contributed by atoms with van der Waals surface area (Å²) >= 11 is 0. The standard InChI is InChI=1S/C38H45N3O4/c1-37(2,3)23-35(44)41-32(18-25-12-6-4-7-13-25)33(42)22-38(21-26-14-8-5-9-15-26)36(45)31(24-40-38)30-19-27(20-34(39)43)28-16-10-11-17-29(28)30/h4-17,24,27,30-33,42H,18-23H2,1-3H3,(H2,39,43)(H,41,44)/t27-,30?,31?,32+,33+,38+/m1/s1. The molecule has 2 amide bonds. The average Bonchev–Trinajstić information content (AvgIpc) is 3.49. The van der Waals surface area contributed by atoms with Gasteiger partial charge in [-0.15, -0.1) is 0 Å². The first-order chi connectivity index (χ1) is 21.4. The molecule has 7 nitrogen and oxygen atoms in total. The quantitative estimate of drug-likeness (QED) is 0.259. The molecule has 2 aliphatic rings. The highest BCUT2D eigenvalue weighted by atomic mass is 16.3. The molecule has 2 unspecified atom stereocenters. The highest BCUT2D eigenvalue weighted by molar-refractivity contribution is 6.07. The zero-order valence-corrected chi connectivity index (χ0v) is 26.5. The first-order valence-electron chi connectivity index (χ1n) is 16.0. The number of nitrogens with two attached hydrogens (primary N) is 1. The van der Waals surface area contributed by atoms with Crippen molar-refractivity contribution in [1.82, 2.24) is 5.32 Å². The number of aliphatic hydroxyl groups is 1. The normalized spacial score (nSPS) is 23.8. The highest BCUT2D eigenvalue weighted by Crippen LogP contribution is 2.49. The van der Waals surface area contributed by atoms with Crippen molar-refractivity contribution in [3.05, 3.63) is 107 Å². The molecular weight excluding hydrogens is 562 g/mol. The van der Waals surface area contributed by atoms with Gasteiger partial charge < -0.3 is 16.2 Å². The average molecular weight is 608 g/mol. The molecule has 0 spiro atoms. The SMILES string of the molecule is CC(C)(C)CC(=O)N[C@@H](Cc1ccccc1)[C@@H](O)C[C@]1(Cc2ccccc2)N=CC(C2C[C@H](CC(N)=O)c3ccccc32)C1=O. The number of aliphatic imine (C=N–C) groups is 1. The molecule has 0 saturated heterocycles. The van der Waals surface area contributed by atoms with E-state index in [4.69, 9.17) is 10.7 Å². The van der Waals surface area contributed by atoms with E-state index >= 15 is 0 Å². The van der Waals surface area contributed by atoms with E-state index in [9.17, 15) is 19.5 Å². The van der Waals surface area contributed by atoms with Crippen LogP contribution < -0.4 is 11.1 Å². The lowest BCUT2D eigenvalue weighted by Crippen LogP contribution is -2.51. The van der Waals surface area contributed by atoms with Crippen molar-refractivity contribution in [3.8, 4) is 0 Å². The lowest BCUT2D eigenvalue weighted by Gasteiger charge is -2.33. The number of carbonyl (C=O) groups excluding carboxylic acids is 3. The van der Waals surface area contributed by atoms with Crippen LogP contribution in [0, 0.1) is 11.3 Å². The Labute approximate surface area is 266 Å². The maximum atomic E-state index is 14.7. The monoisotopic (exact) mass is 607 g/mol. The van der Waals surface area contributed by atoms with E-state index in [1.165, 1.54) is 0 Å². The van der Waals surface area contributed by atoms with Crippen LogP contribution in [-0.4, -0.2) is 46.6 Å². The lowest BCUT2D eigenvalue weighted by atomic mass is 9.74. The van der Waals surface area contributed by atoms with Crippen LogP contribution in [-0.2, 0) is 27.2 Å². The van der Waals surface area contributed by atoms with Gasteiger partial charge in [-0.25, -0.2) is 0 Å². The van der Waals surface area contributed by atoms with Gasteiger partial charge in [-0.1, -0.05) is 106 Å². The molecule has 7 heteroatoms. The summed E-state index contributed by atoms with van der Waals surface area (Å²) in [7, 11) is 0. The fourth-order valence-electron chi connectivity index (χ4n) is 7.18. The summed E-state index contributed by atoms with van der Waals surface area (Å²) in [5, 5.41) is 15.0. The van der Waals surface area contributed by atoms with E-state index in [-0.39, 0.29) is 47.7 Å². The minimum Gasteiger partial charge on any atom is -0.391 e. The molecule has 4 N–H and O–H groups in total. The largest absolute Gasteiger partial charge is 0.391 e. The maximum absolute atomic E-state index is 14.7. The number of rotatable bonds is 12. The van der Waals surface area contributed by atoms with Gasteiger partial charge >= 0.3 is 0 Å². The molecule has 1 aliphatic carbocycles. The summed E-state index contributed by atoms with van der Waals surface area (Å²) in [4.78, 5) is 44.7. The number of hydrogen-bond acceptors (Lipinski definition) is 5. The van der Waals surface area contributed by atoms with Crippen LogP contribution in [0.15, 0.2) is 89.9 Å². The Bertz CT molecular complexity index is 1530. The third-order valence-electron chi connectivity index (χ3n) is 9.18. The van der Waals surface area contributed by atoms with Crippen LogP contribution in [0.2, 0.25) is 0 Å². The van der Waals surface area contributed by atoms with Crippen LogP contribution in [0.5, 0.6) is 0 Å². The number of ketones is 1. The van der Waals surface area contributed by atoms with Crippen molar-refractivity contribution in [2.24, 2.45) is 22.1 Å². The molecule has 0 bridgehead atoms. The Morgan fingerprint density at radius 3 is 2.18 bits per heavy atom. The molecule has 5 rings (SSSR count). The fourth-order valence-corrected chi connectivity index (χ4v) is 7.18. The van der Waals surface area contributed by atoms with E-state index < -0.39 is 23.6 Å². The number of nitrogens with one attached hydrogen (secondary N) is 1. The number of primary amides is 1. The molecule has 3 aromatic carbocycles. The van der Waals surface area contributed by atoms with Crippen LogP contribution >= 0.6 is 0 Å². The number of benzene rings is 3. The topological polar surface area (TPSA) is 122 Å². The van der Waals surface area contributed by atoms with Gasteiger partial charge in [-0.3, -0.25) is 19.4 Å². The minimum absolute atomic E-state index is 0.0376. The summed E-state index contributed by atoms with van der Waals surface area (Å²) in [5.41, 5.74) is 8.23. The van der Waals surface area contributed by atoms with Gasteiger partial charge in [0.15, 0.2) is 5.78 Å². The number of Topliss-reactive ketones (excluding diaryl/α,β-unsaturated/α-hetero) is 1. The summed E-state index contributed by atoms with van der Waals surface area (Å²) in [6.07, 6.45) is 2.75. The number of hydrogen-bond donors (Lipinski definition) is 3. The molecule has 236 valence electrons. The van der Waals surface area contributed by atoms with Crippen molar-refractivity contribution < 1.29 is 19.5 Å². The summed E-state index contributed by atoms with van der Waals surface area (Å²) < 4.78 is 0. The van der Waals surface area contributed by atoms with Crippen molar-refractivity contribution in [1.29, 1.82) is 0 Å². The predicted octanol–water partition coefficient (Wildman–Crippen LogP) is 5.30. The zero-order chi connectivity index (χ0) is 32.2. The molecule has 0 aromatic heterocycles. The van der Waals surface area contributed by atoms with E-state index in [1.807, 2.05) is 106 Å². The molecule has 1 aliphatic heterocycles. The van der Waals surface area contributed by atoms with Crippen molar-refractivity contribution in [3.63, 3.8) is 0 Å². The van der Waals surface area contributed by atoms with Crippen LogP contribution in [0.4, 0.5) is 0 Å². The van der Waals surface area contributed by atoms with Gasteiger partial charge in [0.05, 0.1) is 18.1 Å². The van der Waals surface area contributed by atoms with Gasteiger partial charge in [0.1, 0.15) is 5.54 Å². The second-order valence-electron chi connectivity index (χ2n) is 14.1. The summed E-state index contributed by atoms with van der Waals surface area (Å²) in [6.45, 7) is 6.02.